The van der Waals surface area contributed by atoms with E-state index in [2.05, 4.69) is 121 Å². The summed E-state index contributed by atoms with van der Waals surface area (Å²) in [6, 6.07) is 40.4. The molecule has 0 aliphatic carbocycles. The zero-order chi connectivity index (χ0) is 23.1. The molecule has 0 fully saturated rings. The molecule has 164 valence electrons. The van der Waals surface area contributed by atoms with Gasteiger partial charge in [-0.05, 0) is 52.9 Å². The topological polar surface area (TPSA) is 4.93 Å². The zero-order valence-electron chi connectivity index (χ0n) is 19.2. The van der Waals surface area contributed by atoms with Crippen LogP contribution in [0.3, 0.4) is 0 Å². The third-order valence-electron chi connectivity index (χ3n) is 7.41. The van der Waals surface area contributed by atoms with Crippen molar-refractivity contribution in [2.45, 2.75) is 6.92 Å². The molecule has 6 aromatic carbocycles. The lowest BCUT2D eigenvalue weighted by Gasteiger charge is -2.10. The molecule has 0 bridgehead atoms. The fourth-order valence-corrected chi connectivity index (χ4v) is 7.07. The summed E-state index contributed by atoms with van der Waals surface area (Å²) in [7, 11) is 0. The third-order valence-corrected chi connectivity index (χ3v) is 8.53. The van der Waals surface area contributed by atoms with E-state index in [4.69, 9.17) is 0 Å². The number of hydrogen-bond acceptors (Lipinski definition) is 1. The Morgan fingerprint density at radius 2 is 1.20 bits per heavy atom. The number of thiophene rings is 1. The maximum atomic E-state index is 2.48. The lowest BCUT2D eigenvalue weighted by molar-refractivity contribution is 1.19. The van der Waals surface area contributed by atoms with Crippen LogP contribution in [0.5, 0.6) is 0 Å². The lowest BCUT2D eigenvalue weighted by Crippen LogP contribution is -1.94. The minimum absolute atomic E-state index is 1.22. The van der Waals surface area contributed by atoms with Gasteiger partial charge in [-0.1, -0.05) is 84.9 Å². The molecule has 0 amide bonds. The maximum Gasteiger partial charge on any atom is 0.0619 e. The highest BCUT2D eigenvalue weighted by molar-refractivity contribution is 7.25. The first kappa shape index (κ1) is 19.2. The van der Waals surface area contributed by atoms with Crippen LogP contribution in [0.4, 0.5) is 0 Å². The molecule has 0 spiro atoms. The minimum atomic E-state index is 1.22. The van der Waals surface area contributed by atoms with Crippen molar-refractivity contribution in [3.05, 3.63) is 115 Å². The fourth-order valence-electron chi connectivity index (χ4n) is 5.83. The molecule has 1 nitrogen and oxygen atoms in total. The Kier molecular flexibility index (Phi) is 3.81. The van der Waals surface area contributed by atoms with Crippen molar-refractivity contribution in [1.29, 1.82) is 0 Å². The predicted molar refractivity (Wildman–Crippen MR) is 153 cm³/mol. The Labute approximate surface area is 206 Å². The van der Waals surface area contributed by atoms with Gasteiger partial charge in [-0.15, -0.1) is 11.3 Å². The first-order valence-electron chi connectivity index (χ1n) is 12.0. The fraction of sp³-hybridized carbons (Fsp3) is 0.0303. The summed E-state index contributed by atoms with van der Waals surface area (Å²) in [4.78, 5) is 0. The average molecular weight is 464 g/mol. The second kappa shape index (κ2) is 6.94. The van der Waals surface area contributed by atoms with Crippen molar-refractivity contribution >= 4 is 74.9 Å². The van der Waals surface area contributed by atoms with Gasteiger partial charge in [0.15, 0.2) is 0 Å². The van der Waals surface area contributed by atoms with Gasteiger partial charge in [0.1, 0.15) is 0 Å². The van der Waals surface area contributed by atoms with Crippen LogP contribution in [0.1, 0.15) is 5.56 Å². The van der Waals surface area contributed by atoms with Crippen LogP contribution >= 0.6 is 11.3 Å². The summed E-state index contributed by atoms with van der Waals surface area (Å²) in [6.07, 6.45) is 0. The molecule has 0 aliphatic heterocycles. The van der Waals surface area contributed by atoms with Gasteiger partial charge in [-0.2, -0.15) is 0 Å². The summed E-state index contributed by atoms with van der Waals surface area (Å²) in [5, 5.41) is 10.5. The number of aromatic nitrogens is 1. The van der Waals surface area contributed by atoms with E-state index in [1.807, 2.05) is 11.3 Å². The van der Waals surface area contributed by atoms with Crippen molar-refractivity contribution in [3.8, 4) is 5.69 Å². The van der Waals surface area contributed by atoms with E-state index < -0.39 is 0 Å². The number of aryl methyl sites for hydroxylation is 1. The molecule has 8 rings (SSSR count). The van der Waals surface area contributed by atoms with Crippen LogP contribution in [0.25, 0.3) is 69.2 Å². The molecule has 0 unspecified atom stereocenters. The second-order valence-corrected chi connectivity index (χ2v) is 10.6. The van der Waals surface area contributed by atoms with E-state index in [0.717, 1.165) is 0 Å². The Hall–Kier alpha value is -4.14. The van der Waals surface area contributed by atoms with Gasteiger partial charge < -0.3 is 4.57 Å². The highest BCUT2D eigenvalue weighted by Gasteiger charge is 2.17. The largest absolute Gasteiger partial charge is 0.309 e. The summed E-state index contributed by atoms with van der Waals surface area (Å²) in [5.74, 6) is 0. The standard InChI is InChI=1S/C33H21NS/c1-20-10-14-26-27-16-13-23(19-31(27)35-30(26)18-20)34-29-17-12-21-6-2-4-8-24(21)32(29)28-15-11-22-7-3-5-9-25(22)33(28)34/h2-19H,1H3. The SMILES string of the molecule is Cc1ccc2c(c1)sc1cc(-n3c4ccc5ccccc5c4c4ccc5ccccc5c43)ccc12. The summed E-state index contributed by atoms with van der Waals surface area (Å²) in [6.45, 7) is 2.17. The molecule has 0 radical (unpaired) electrons. The maximum absolute atomic E-state index is 2.48. The Bertz CT molecular complexity index is 2120. The van der Waals surface area contributed by atoms with Gasteiger partial charge >= 0.3 is 0 Å². The van der Waals surface area contributed by atoms with Gasteiger partial charge in [-0.25, -0.2) is 0 Å². The molecule has 8 aromatic rings. The molecule has 0 saturated carbocycles. The number of rotatable bonds is 1. The monoisotopic (exact) mass is 463 g/mol. The van der Waals surface area contributed by atoms with Crippen LogP contribution in [0.2, 0.25) is 0 Å². The molecule has 35 heavy (non-hydrogen) atoms. The first-order chi connectivity index (χ1) is 17.3. The van der Waals surface area contributed by atoms with Crippen molar-refractivity contribution in [3.63, 3.8) is 0 Å². The Balaban J connectivity index is 1.56. The van der Waals surface area contributed by atoms with E-state index in [1.54, 1.807) is 0 Å². The molecule has 2 heteroatoms. The molecule has 0 aliphatic rings. The molecular weight excluding hydrogens is 442 g/mol. The van der Waals surface area contributed by atoms with Crippen LogP contribution < -0.4 is 0 Å². The molecule has 0 atom stereocenters. The number of fused-ring (bicyclic) bond motifs is 10. The van der Waals surface area contributed by atoms with Gasteiger partial charge in [-0.3, -0.25) is 0 Å². The van der Waals surface area contributed by atoms with E-state index in [-0.39, 0.29) is 0 Å². The molecular formula is C33H21NS. The van der Waals surface area contributed by atoms with Gasteiger partial charge in [0.05, 0.1) is 11.0 Å². The molecule has 0 N–H and O–H groups in total. The molecule has 2 aromatic heterocycles. The smallest absolute Gasteiger partial charge is 0.0619 e. The van der Waals surface area contributed by atoms with Gasteiger partial charge in [0.2, 0.25) is 0 Å². The number of benzene rings is 6. The Morgan fingerprint density at radius 3 is 2.06 bits per heavy atom. The van der Waals surface area contributed by atoms with Crippen molar-refractivity contribution in [1.82, 2.24) is 4.57 Å². The number of nitrogens with zero attached hydrogens (tertiary/aromatic N) is 1. The summed E-state index contributed by atoms with van der Waals surface area (Å²) < 4.78 is 5.17. The summed E-state index contributed by atoms with van der Waals surface area (Å²) in [5.41, 5.74) is 5.06. The van der Waals surface area contributed by atoms with E-state index >= 15 is 0 Å². The van der Waals surface area contributed by atoms with Crippen molar-refractivity contribution < 1.29 is 0 Å². The van der Waals surface area contributed by atoms with Crippen molar-refractivity contribution in [2.75, 3.05) is 0 Å². The van der Waals surface area contributed by atoms with E-state index in [9.17, 15) is 0 Å². The van der Waals surface area contributed by atoms with E-state index in [1.165, 1.54) is 74.8 Å². The Morgan fingerprint density at radius 1 is 0.543 bits per heavy atom. The van der Waals surface area contributed by atoms with Crippen LogP contribution in [0.15, 0.2) is 109 Å². The summed E-state index contributed by atoms with van der Waals surface area (Å²) >= 11 is 1.89. The molecule has 0 saturated heterocycles. The van der Waals surface area contributed by atoms with E-state index in [0.29, 0.717) is 0 Å². The highest BCUT2D eigenvalue weighted by atomic mass is 32.1. The predicted octanol–water partition coefficient (Wildman–Crippen LogP) is 9.77. The minimum Gasteiger partial charge on any atom is -0.309 e. The quantitative estimate of drug-likeness (QED) is 0.228. The lowest BCUT2D eigenvalue weighted by atomic mass is 10.0. The highest BCUT2D eigenvalue weighted by Crippen LogP contribution is 2.41. The van der Waals surface area contributed by atoms with Gasteiger partial charge in [0, 0.05) is 42.0 Å². The van der Waals surface area contributed by atoms with Crippen LogP contribution in [-0.2, 0) is 0 Å². The van der Waals surface area contributed by atoms with Crippen LogP contribution in [-0.4, -0.2) is 4.57 Å². The zero-order valence-corrected chi connectivity index (χ0v) is 20.1. The number of hydrogen-bond donors (Lipinski definition) is 0. The van der Waals surface area contributed by atoms with Gasteiger partial charge in [0.25, 0.3) is 0 Å². The normalized spacial score (nSPS) is 12.1. The van der Waals surface area contributed by atoms with Crippen LogP contribution in [0, 0.1) is 6.92 Å². The second-order valence-electron chi connectivity index (χ2n) is 9.48. The van der Waals surface area contributed by atoms with Crippen molar-refractivity contribution in [2.24, 2.45) is 0 Å². The third kappa shape index (κ3) is 2.63. The molecule has 2 heterocycles. The first-order valence-corrected chi connectivity index (χ1v) is 12.8. The average Bonchev–Trinajstić information content (AvgIpc) is 3.43.